The second-order valence-electron chi connectivity index (χ2n) is 8.78. The van der Waals surface area contributed by atoms with Gasteiger partial charge in [-0.3, -0.25) is 14.5 Å². The first-order valence-electron chi connectivity index (χ1n) is 11.6. The predicted molar refractivity (Wildman–Crippen MR) is 135 cm³/mol. The van der Waals surface area contributed by atoms with Crippen molar-refractivity contribution in [3.63, 3.8) is 0 Å². The predicted octanol–water partition coefficient (Wildman–Crippen LogP) is 5.06. The first-order chi connectivity index (χ1) is 16.3. The van der Waals surface area contributed by atoms with Crippen LogP contribution in [-0.4, -0.2) is 36.1 Å². The number of hydrogen-bond acceptors (Lipinski definition) is 5. The van der Waals surface area contributed by atoms with E-state index < -0.39 is 6.04 Å². The molecule has 4 rings (SSSR count). The van der Waals surface area contributed by atoms with E-state index in [1.165, 1.54) is 11.3 Å². The van der Waals surface area contributed by atoms with Crippen molar-refractivity contribution < 1.29 is 14.3 Å². The van der Waals surface area contributed by atoms with Crippen LogP contribution >= 0.6 is 11.3 Å². The first kappa shape index (κ1) is 24.1. The fourth-order valence-corrected chi connectivity index (χ4v) is 5.12. The lowest BCUT2D eigenvalue weighted by Gasteiger charge is -2.32. The highest BCUT2D eigenvalue weighted by Crippen LogP contribution is 2.33. The summed E-state index contributed by atoms with van der Waals surface area (Å²) in [7, 11) is 0. The lowest BCUT2D eigenvalue weighted by molar-refractivity contribution is -0.123. The van der Waals surface area contributed by atoms with Gasteiger partial charge in [-0.05, 0) is 69.4 Å². The van der Waals surface area contributed by atoms with Gasteiger partial charge in [0.1, 0.15) is 10.9 Å². The van der Waals surface area contributed by atoms with Gasteiger partial charge >= 0.3 is 0 Å². The maximum absolute atomic E-state index is 14.0. The van der Waals surface area contributed by atoms with Crippen molar-refractivity contribution >= 4 is 28.8 Å². The van der Waals surface area contributed by atoms with Crippen LogP contribution in [0, 0.1) is 27.7 Å². The van der Waals surface area contributed by atoms with Crippen LogP contribution in [0.4, 0.5) is 5.69 Å². The first-order valence-corrected chi connectivity index (χ1v) is 12.5. The topological polar surface area (TPSA) is 71.5 Å². The van der Waals surface area contributed by atoms with E-state index in [1.54, 1.807) is 4.90 Å². The minimum Gasteiger partial charge on any atom is -0.376 e. The van der Waals surface area contributed by atoms with Gasteiger partial charge in [-0.15, -0.1) is 11.3 Å². The van der Waals surface area contributed by atoms with Crippen LogP contribution in [0.1, 0.15) is 55.9 Å². The van der Waals surface area contributed by atoms with Gasteiger partial charge in [0.05, 0.1) is 16.8 Å². The molecule has 6 nitrogen and oxygen atoms in total. The molecular formula is C27H31N3O3S. The number of aryl methyl sites for hydroxylation is 4. The molecule has 1 N–H and O–H groups in total. The smallest absolute Gasteiger partial charge is 0.271 e. The van der Waals surface area contributed by atoms with E-state index in [2.05, 4.69) is 10.3 Å². The van der Waals surface area contributed by atoms with E-state index in [0.717, 1.165) is 41.1 Å². The number of carbonyl (C=O) groups is 2. The third-order valence-corrected chi connectivity index (χ3v) is 7.30. The molecule has 2 heterocycles. The SMILES string of the molecule is Cc1nc(C)c(C(=O)N(c2ccc(C)c(C)c2)C(C(=O)NCC2CCCO2)c2ccccc2)s1. The molecule has 2 aromatic carbocycles. The Morgan fingerprint density at radius 3 is 2.50 bits per heavy atom. The largest absolute Gasteiger partial charge is 0.376 e. The lowest BCUT2D eigenvalue weighted by atomic mass is 10.0. The zero-order valence-corrected chi connectivity index (χ0v) is 20.9. The highest BCUT2D eigenvalue weighted by atomic mass is 32.1. The van der Waals surface area contributed by atoms with E-state index in [-0.39, 0.29) is 17.9 Å². The summed E-state index contributed by atoms with van der Waals surface area (Å²) in [6.07, 6.45) is 1.94. The Bertz CT molecular complexity index is 1170. The van der Waals surface area contributed by atoms with Crippen molar-refractivity contribution in [3.05, 3.63) is 80.8 Å². The van der Waals surface area contributed by atoms with Gasteiger partial charge in [0.25, 0.3) is 5.91 Å². The van der Waals surface area contributed by atoms with Gasteiger partial charge in [-0.25, -0.2) is 4.98 Å². The Hall–Kier alpha value is -3.03. The molecule has 0 spiro atoms. The minimum absolute atomic E-state index is 0.0116. The maximum Gasteiger partial charge on any atom is 0.271 e. The molecular weight excluding hydrogens is 446 g/mol. The minimum atomic E-state index is -0.834. The molecule has 0 saturated carbocycles. The number of carbonyl (C=O) groups excluding carboxylic acids is 2. The van der Waals surface area contributed by atoms with E-state index in [4.69, 9.17) is 4.74 Å². The Morgan fingerprint density at radius 1 is 1.12 bits per heavy atom. The average molecular weight is 478 g/mol. The molecule has 34 heavy (non-hydrogen) atoms. The normalized spacial score (nSPS) is 16.3. The number of amides is 2. The quantitative estimate of drug-likeness (QED) is 0.516. The van der Waals surface area contributed by atoms with Gasteiger partial charge in [0.15, 0.2) is 0 Å². The summed E-state index contributed by atoms with van der Waals surface area (Å²) in [4.78, 5) is 34.4. The summed E-state index contributed by atoms with van der Waals surface area (Å²) in [6.45, 7) is 8.92. The van der Waals surface area contributed by atoms with Crippen molar-refractivity contribution in [2.45, 2.75) is 52.7 Å². The van der Waals surface area contributed by atoms with Crippen molar-refractivity contribution in [1.82, 2.24) is 10.3 Å². The number of aromatic nitrogens is 1. The van der Waals surface area contributed by atoms with Gasteiger partial charge < -0.3 is 10.1 Å². The molecule has 1 aliphatic rings. The fraction of sp³-hybridized carbons (Fsp3) is 0.370. The molecule has 7 heteroatoms. The second-order valence-corrected chi connectivity index (χ2v) is 9.99. The van der Waals surface area contributed by atoms with Crippen molar-refractivity contribution in [2.75, 3.05) is 18.1 Å². The van der Waals surface area contributed by atoms with E-state index in [0.29, 0.717) is 22.8 Å². The maximum atomic E-state index is 14.0. The number of anilines is 1. The molecule has 1 aromatic heterocycles. The molecule has 178 valence electrons. The Kier molecular flexibility index (Phi) is 7.44. The third-order valence-electron chi connectivity index (χ3n) is 6.24. The monoisotopic (exact) mass is 477 g/mol. The van der Waals surface area contributed by atoms with Crippen molar-refractivity contribution in [1.29, 1.82) is 0 Å². The van der Waals surface area contributed by atoms with E-state index in [1.807, 2.05) is 76.2 Å². The standard InChI is InChI=1S/C27H31N3O3S/c1-17-12-13-22(15-18(17)2)30(27(32)25-19(3)29-20(4)34-25)24(21-9-6-5-7-10-21)26(31)28-16-23-11-8-14-33-23/h5-7,9-10,12-13,15,23-24H,8,11,14,16H2,1-4H3,(H,28,31). The molecule has 2 atom stereocenters. The molecule has 2 amide bonds. The van der Waals surface area contributed by atoms with Crippen LogP contribution in [0.25, 0.3) is 0 Å². The summed E-state index contributed by atoms with van der Waals surface area (Å²) in [6, 6.07) is 14.5. The van der Waals surface area contributed by atoms with Gasteiger partial charge in [0.2, 0.25) is 5.91 Å². The third kappa shape index (κ3) is 5.21. The number of nitrogens with zero attached hydrogens (tertiary/aromatic N) is 2. The van der Waals surface area contributed by atoms with Gasteiger partial charge in [-0.2, -0.15) is 0 Å². The Morgan fingerprint density at radius 2 is 1.88 bits per heavy atom. The van der Waals surface area contributed by atoms with Crippen LogP contribution in [0.2, 0.25) is 0 Å². The number of nitrogens with one attached hydrogen (secondary N) is 1. The fourth-order valence-electron chi connectivity index (χ4n) is 4.27. The highest BCUT2D eigenvalue weighted by molar-refractivity contribution is 7.13. The average Bonchev–Trinajstić information content (AvgIpc) is 3.47. The van der Waals surface area contributed by atoms with E-state index >= 15 is 0 Å². The lowest BCUT2D eigenvalue weighted by Crippen LogP contribution is -2.45. The summed E-state index contributed by atoms with van der Waals surface area (Å²) in [5.74, 6) is -0.459. The second kappa shape index (κ2) is 10.5. The van der Waals surface area contributed by atoms with Crippen LogP contribution < -0.4 is 10.2 Å². The summed E-state index contributed by atoms with van der Waals surface area (Å²) in [5.41, 5.74) is 4.28. The van der Waals surface area contributed by atoms with Gasteiger partial charge in [-0.1, -0.05) is 36.4 Å². The number of ether oxygens (including phenoxy) is 1. The zero-order valence-electron chi connectivity index (χ0n) is 20.1. The molecule has 3 aromatic rings. The summed E-state index contributed by atoms with van der Waals surface area (Å²) in [5, 5.41) is 3.87. The number of hydrogen-bond donors (Lipinski definition) is 1. The van der Waals surface area contributed by atoms with E-state index in [9.17, 15) is 9.59 Å². The number of rotatable bonds is 7. The molecule has 0 aliphatic carbocycles. The van der Waals surface area contributed by atoms with Crippen molar-refractivity contribution in [2.24, 2.45) is 0 Å². The van der Waals surface area contributed by atoms with Crippen LogP contribution in [-0.2, 0) is 9.53 Å². The molecule has 1 aliphatic heterocycles. The van der Waals surface area contributed by atoms with Crippen LogP contribution in [0.5, 0.6) is 0 Å². The van der Waals surface area contributed by atoms with Crippen LogP contribution in [0.3, 0.4) is 0 Å². The summed E-state index contributed by atoms with van der Waals surface area (Å²) < 4.78 is 5.70. The zero-order chi connectivity index (χ0) is 24.2. The van der Waals surface area contributed by atoms with Crippen molar-refractivity contribution in [3.8, 4) is 0 Å². The summed E-state index contributed by atoms with van der Waals surface area (Å²) >= 11 is 1.36. The molecule has 0 radical (unpaired) electrons. The highest BCUT2D eigenvalue weighted by Gasteiger charge is 2.35. The molecule has 0 bridgehead atoms. The number of thiazole rings is 1. The number of benzene rings is 2. The Labute approximate surface area is 205 Å². The molecule has 1 saturated heterocycles. The van der Waals surface area contributed by atoms with Crippen LogP contribution in [0.15, 0.2) is 48.5 Å². The molecule has 2 unspecified atom stereocenters. The Balaban J connectivity index is 1.79. The molecule has 1 fully saturated rings. The van der Waals surface area contributed by atoms with Gasteiger partial charge in [0, 0.05) is 18.8 Å².